The van der Waals surface area contributed by atoms with Crippen molar-refractivity contribution >= 4 is 34.7 Å². The maximum Gasteiger partial charge on any atom is 0.255 e. The van der Waals surface area contributed by atoms with E-state index in [0.717, 1.165) is 53.9 Å². The summed E-state index contributed by atoms with van der Waals surface area (Å²) in [6, 6.07) is 16.3. The third-order valence-corrected chi connectivity index (χ3v) is 8.57. The highest BCUT2D eigenvalue weighted by atomic mass is 16.1. The number of nitrogens with one attached hydrogen (secondary N) is 5. The molecule has 1 aliphatic carbocycles. The highest BCUT2D eigenvalue weighted by molar-refractivity contribution is 6.04. The van der Waals surface area contributed by atoms with Crippen molar-refractivity contribution in [1.29, 1.82) is 0 Å². The van der Waals surface area contributed by atoms with Crippen LogP contribution in [0, 0.1) is 0 Å². The molecule has 1 atom stereocenters. The Labute approximate surface area is 279 Å². The minimum atomic E-state index is -0.398. The molecule has 2 aliphatic rings. The maximum atomic E-state index is 13.1. The number of amides is 1. The predicted molar refractivity (Wildman–Crippen MR) is 194 cm³/mol. The van der Waals surface area contributed by atoms with Crippen LogP contribution in [0.5, 0.6) is 0 Å². The van der Waals surface area contributed by atoms with Crippen molar-refractivity contribution in [3.63, 3.8) is 0 Å². The van der Waals surface area contributed by atoms with Crippen molar-refractivity contribution < 1.29 is 4.79 Å². The second-order valence-corrected chi connectivity index (χ2v) is 13.2. The number of aliphatic imine (C=N–C) groups is 1. The van der Waals surface area contributed by atoms with E-state index in [1.165, 1.54) is 12.8 Å². The van der Waals surface area contributed by atoms with Gasteiger partial charge in [-0.3, -0.25) is 4.79 Å². The lowest BCUT2D eigenvalue weighted by Gasteiger charge is -2.34. The fraction of sp³-hybridized carbons (Fsp3) is 0.417. The number of imidazole rings is 1. The van der Waals surface area contributed by atoms with Crippen molar-refractivity contribution in [2.75, 3.05) is 56.0 Å². The Morgan fingerprint density at radius 2 is 1.72 bits per heavy atom. The van der Waals surface area contributed by atoms with Gasteiger partial charge in [0.2, 0.25) is 0 Å². The van der Waals surface area contributed by atoms with Gasteiger partial charge in [-0.25, -0.2) is 9.98 Å². The quantitative estimate of drug-likeness (QED) is 0.151. The van der Waals surface area contributed by atoms with Gasteiger partial charge in [0.25, 0.3) is 5.91 Å². The van der Waals surface area contributed by atoms with Gasteiger partial charge >= 0.3 is 0 Å². The summed E-state index contributed by atoms with van der Waals surface area (Å²) < 4.78 is 2.14. The van der Waals surface area contributed by atoms with Crippen LogP contribution in [0.1, 0.15) is 67.8 Å². The largest absolute Gasteiger partial charge is 0.359 e. The first kappa shape index (κ1) is 33.7. The van der Waals surface area contributed by atoms with Crippen LogP contribution in [0.2, 0.25) is 0 Å². The van der Waals surface area contributed by atoms with E-state index in [1.54, 1.807) is 12.1 Å². The third kappa shape index (κ3) is 9.02. The molecule has 1 amide bonds. The number of likely N-dealkylation sites (N-methyl/N-ethyl adjacent to an activating group) is 1. The van der Waals surface area contributed by atoms with Crippen LogP contribution < -0.4 is 26.6 Å². The topological polar surface area (TPSA) is 114 Å². The maximum absolute atomic E-state index is 13.1. The predicted octanol–water partition coefficient (Wildman–Crippen LogP) is 6.11. The van der Waals surface area contributed by atoms with E-state index in [2.05, 4.69) is 75.5 Å². The molecule has 1 aromatic heterocycles. The summed E-state index contributed by atoms with van der Waals surface area (Å²) in [4.78, 5) is 27.3. The number of aromatic nitrogens is 2. The number of anilines is 4. The normalized spacial score (nSPS) is 19.3. The van der Waals surface area contributed by atoms with Crippen molar-refractivity contribution in [1.82, 2.24) is 24.7 Å². The molecule has 3 aromatic rings. The fourth-order valence-corrected chi connectivity index (χ4v) is 5.92. The van der Waals surface area contributed by atoms with E-state index in [9.17, 15) is 4.79 Å². The molecule has 2 heterocycles. The van der Waals surface area contributed by atoms with Gasteiger partial charge < -0.3 is 41.0 Å². The first-order valence-electron chi connectivity index (χ1n) is 16.5. The highest BCUT2D eigenvalue weighted by Gasteiger charge is 2.29. The molecular formula is C36H50N10O. The third-order valence-electron chi connectivity index (χ3n) is 8.57. The van der Waals surface area contributed by atoms with Crippen molar-refractivity contribution in [2.45, 2.75) is 63.8 Å². The van der Waals surface area contributed by atoms with E-state index >= 15 is 0 Å². The van der Waals surface area contributed by atoms with Crippen LogP contribution in [-0.2, 0) is 0 Å². The van der Waals surface area contributed by atoms with Crippen molar-refractivity contribution in [3.8, 4) is 0 Å². The number of fused-ring (bicyclic) bond motifs is 1. The van der Waals surface area contributed by atoms with Gasteiger partial charge in [0.15, 0.2) is 12.1 Å². The van der Waals surface area contributed by atoms with Crippen LogP contribution in [0.4, 0.5) is 22.9 Å². The van der Waals surface area contributed by atoms with Crippen molar-refractivity contribution in [3.05, 3.63) is 90.5 Å². The van der Waals surface area contributed by atoms with Gasteiger partial charge in [0.1, 0.15) is 11.5 Å². The Hall–Kier alpha value is -4.61. The molecule has 0 spiro atoms. The van der Waals surface area contributed by atoms with E-state index in [0.29, 0.717) is 23.3 Å². The van der Waals surface area contributed by atoms with Gasteiger partial charge in [0, 0.05) is 53.0 Å². The average Bonchev–Trinajstić information content (AvgIpc) is 3.46. The van der Waals surface area contributed by atoms with Gasteiger partial charge in [-0.2, -0.15) is 0 Å². The molecule has 5 N–H and O–H groups in total. The standard InChI is InChI=1S/C36H50N10O/c1-24(2)46-23-37-32-33(42-36(43-34(32)46)41-28-17-19-31(20-18-28)45(6)7)39-29-11-8-12-30(22-29)40-35(47)26-13-15-27(16-14-26)38-25(3)10-9-21-44(4)5/h8-16,22-24,28,31,33,38-39H,3,17-21H2,1-2,4-7H3,(H,40,47)(H2,41,42,43)/b10-9+. The Bertz CT molecular complexity index is 1580. The Morgan fingerprint density at radius 3 is 2.40 bits per heavy atom. The van der Waals surface area contributed by atoms with E-state index in [4.69, 9.17) is 9.98 Å². The van der Waals surface area contributed by atoms with Crippen LogP contribution >= 0.6 is 0 Å². The second-order valence-electron chi connectivity index (χ2n) is 13.2. The summed E-state index contributed by atoms with van der Waals surface area (Å²) >= 11 is 0. The molecular weight excluding hydrogens is 588 g/mol. The first-order valence-corrected chi connectivity index (χ1v) is 16.5. The Balaban J connectivity index is 1.24. The zero-order valence-electron chi connectivity index (χ0n) is 28.5. The number of guanidine groups is 1. The Morgan fingerprint density at radius 1 is 1.00 bits per heavy atom. The van der Waals surface area contributed by atoms with Gasteiger partial charge in [0.05, 0.1) is 6.33 Å². The number of allylic oxidation sites excluding steroid dienone is 1. The van der Waals surface area contributed by atoms with Gasteiger partial charge in [-0.05, 0) is 116 Å². The summed E-state index contributed by atoms with van der Waals surface area (Å²) in [6.45, 7) is 9.17. The van der Waals surface area contributed by atoms with Crippen LogP contribution in [0.3, 0.4) is 0 Å². The van der Waals surface area contributed by atoms with Gasteiger partial charge in [-0.1, -0.05) is 18.7 Å². The molecule has 1 unspecified atom stereocenters. The summed E-state index contributed by atoms with van der Waals surface area (Å²) in [5.41, 5.74) is 4.55. The average molecular weight is 639 g/mol. The molecule has 5 rings (SSSR count). The molecule has 0 bridgehead atoms. The number of carbonyl (C=O) groups excluding carboxylic acids is 1. The highest BCUT2D eigenvalue weighted by Crippen LogP contribution is 2.33. The summed E-state index contributed by atoms with van der Waals surface area (Å²) in [5.74, 6) is 1.50. The molecule has 1 saturated carbocycles. The number of rotatable bonds is 12. The molecule has 1 aliphatic heterocycles. The minimum Gasteiger partial charge on any atom is -0.359 e. The smallest absolute Gasteiger partial charge is 0.255 e. The minimum absolute atomic E-state index is 0.188. The zero-order chi connectivity index (χ0) is 33.5. The first-order chi connectivity index (χ1) is 22.5. The second kappa shape index (κ2) is 15.3. The summed E-state index contributed by atoms with van der Waals surface area (Å²) in [6.07, 6.45) is 9.99. The monoisotopic (exact) mass is 638 g/mol. The summed E-state index contributed by atoms with van der Waals surface area (Å²) in [5, 5.41) is 17.0. The van der Waals surface area contributed by atoms with Crippen LogP contribution in [0.25, 0.3) is 0 Å². The lowest BCUT2D eigenvalue weighted by Crippen LogP contribution is -2.45. The molecule has 11 heteroatoms. The van der Waals surface area contributed by atoms with Gasteiger partial charge in [-0.15, -0.1) is 0 Å². The number of hydrogen-bond donors (Lipinski definition) is 5. The molecule has 0 radical (unpaired) electrons. The van der Waals surface area contributed by atoms with E-state index in [-0.39, 0.29) is 11.9 Å². The number of carbonyl (C=O) groups is 1. The summed E-state index contributed by atoms with van der Waals surface area (Å²) in [7, 11) is 8.36. The molecule has 250 valence electrons. The number of benzene rings is 2. The SMILES string of the molecule is C=C(/C=C/CN(C)C)Nc1ccc(C(=O)Nc2cccc(NC3N=C(NC4CCC(N(C)C)CC4)Nc4c3ncn4C(C)C)c2)cc1. The zero-order valence-corrected chi connectivity index (χ0v) is 28.5. The lowest BCUT2D eigenvalue weighted by molar-refractivity contribution is 0.102. The van der Waals surface area contributed by atoms with Crippen LogP contribution in [-0.4, -0.2) is 78.0 Å². The molecule has 1 fully saturated rings. The van der Waals surface area contributed by atoms with Crippen LogP contribution in [0.15, 0.2) is 84.3 Å². The van der Waals surface area contributed by atoms with E-state index < -0.39 is 6.17 Å². The Kier molecular flexibility index (Phi) is 11.0. The number of nitrogens with zero attached hydrogens (tertiary/aromatic N) is 5. The molecule has 0 saturated heterocycles. The molecule has 2 aromatic carbocycles. The van der Waals surface area contributed by atoms with Crippen molar-refractivity contribution in [2.24, 2.45) is 4.99 Å². The van der Waals surface area contributed by atoms with E-state index in [1.807, 2.05) is 69.0 Å². The lowest BCUT2D eigenvalue weighted by atomic mass is 9.90. The molecule has 47 heavy (non-hydrogen) atoms. The number of hydrogen-bond acceptors (Lipinski definition) is 9. The fourth-order valence-electron chi connectivity index (χ4n) is 5.92. The molecule has 11 nitrogen and oxygen atoms in total.